The normalized spacial score (nSPS) is 30.5. The van der Waals surface area contributed by atoms with Crippen LogP contribution in [0.5, 0.6) is 0 Å². The minimum absolute atomic E-state index is 0.443. The van der Waals surface area contributed by atoms with Gasteiger partial charge in [0.2, 0.25) is 0 Å². The van der Waals surface area contributed by atoms with E-state index in [2.05, 4.69) is 33.0 Å². The maximum Gasteiger partial charge on any atom is -0.000000745 e. The zero-order valence-electron chi connectivity index (χ0n) is 8.28. The zero-order valence-corrected chi connectivity index (χ0v) is 8.28. The zero-order chi connectivity index (χ0) is 8.48. The molecule has 1 aliphatic carbocycles. The van der Waals surface area contributed by atoms with Gasteiger partial charge < -0.3 is 5.32 Å². The van der Waals surface area contributed by atoms with Crippen LogP contribution in [0.3, 0.4) is 0 Å². The fraction of sp³-hybridized carbons (Fsp3) is 1.00. The van der Waals surface area contributed by atoms with Crippen LogP contribution >= 0.6 is 0 Å². The molecule has 66 valence electrons. The molecule has 0 amide bonds. The van der Waals surface area contributed by atoms with Crippen LogP contribution in [-0.2, 0) is 0 Å². The molecule has 1 heteroatoms. The average molecular weight is 155 g/mol. The van der Waals surface area contributed by atoms with Crippen LogP contribution in [0.2, 0.25) is 0 Å². The summed E-state index contributed by atoms with van der Waals surface area (Å²) >= 11 is 0. The summed E-state index contributed by atoms with van der Waals surface area (Å²) in [5.41, 5.74) is 0.443. The highest BCUT2D eigenvalue weighted by molar-refractivity contribution is 4.84. The highest BCUT2D eigenvalue weighted by Gasteiger charge is 2.31. The molecule has 0 aromatic carbocycles. The van der Waals surface area contributed by atoms with E-state index in [-0.39, 0.29) is 0 Å². The predicted molar refractivity (Wildman–Crippen MR) is 49.6 cm³/mol. The van der Waals surface area contributed by atoms with Gasteiger partial charge in [0.15, 0.2) is 0 Å². The van der Waals surface area contributed by atoms with Crippen molar-refractivity contribution in [1.29, 1.82) is 0 Å². The van der Waals surface area contributed by atoms with Crippen LogP contribution in [0.1, 0.15) is 34.1 Å². The van der Waals surface area contributed by atoms with Gasteiger partial charge in [-0.05, 0) is 36.8 Å². The van der Waals surface area contributed by atoms with Crippen LogP contribution in [-0.4, -0.2) is 13.1 Å². The molecule has 2 unspecified atom stereocenters. The molecular weight excluding hydrogens is 134 g/mol. The van der Waals surface area contributed by atoms with Crippen molar-refractivity contribution in [3.05, 3.63) is 0 Å². The summed E-state index contributed by atoms with van der Waals surface area (Å²) in [6, 6.07) is 0. The Hall–Kier alpha value is -0.0400. The molecule has 0 spiro atoms. The van der Waals surface area contributed by atoms with Gasteiger partial charge in [0, 0.05) is 0 Å². The van der Waals surface area contributed by atoms with Gasteiger partial charge in [0.05, 0.1) is 0 Å². The maximum absolute atomic E-state index is 3.52. The summed E-state index contributed by atoms with van der Waals surface area (Å²) in [6.07, 6.45) is 1.44. The van der Waals surface area contributed by atoms with E-state index in [1.807, 2.05) is 0 Å². The average Bonchev–Trinajstić information content (AvgIpc) is 2.43. The van der Waals surface area contributed by atoms with E-state index in [4.69, 9.17) is 0 Å². The lowest BCUT2D eigenvalue weighted by molar-refractivity contribution is 0.375. The fourth-order valence-electron chi connectivity index (χ4n) is 1.32. The van der Waals surface area contributed by atoms with Gasteiger partial charge in [-0.25, -0.2) is 0 Å². The van der Waals surface area contributed by atoms with Crippen LogP contribution in [0.15, 0.2) is 0 Å². The van der Waals surface area contributed by atoms with E-state index in [1.165, 1.54) is 13.0 Å². The van der Waals surface area contributed by atoms with Crippen LogP contribution in [0.4, 0.5) is 0 Å². The molecule has 2 atom stereocenters. The maximum atomic E-state index is 3.52. The molecule has 0 bridgehead atoms. The molecule has 1 saturated carbocycles. The third kappa shape index (κ3) is 3.76. The lowest BCUT2D eigenvalue weighted by atomic mass is 9.97. The molecule has 1 nitrogen and oxygen atoms in total. The van der Waals surface area contributed by atoms with Crippen molar-refractivity contribution in [3.63, 3.8) is 0 Å². The monoisotopic (exact) mass is 155 g/mol. The molecule has 0 aliphatic heterocycles. The first-order valence-corrected chi connectivity index (χ1v) is 4.70. The number of hydrogen-bond donors (Lipinski definition) is 1. The van der Waals surface area contributed by atoms with E-state index >= 15 is 0 Å². The lowest BCUT2D eigenvalue weighted by Gasteiger charge is -2.18. The Morgan fingerprint density at radius 2 is 1.91 bits per heavy atom. The van der Waals surface area contributed by atoms with E-state index in [9.17, 15) is 0 Å². The second-order valence-corrected chi connectivity index (χ2v) is 5.16. The van der Waals surface area contributed by atoms with Crippen molar-refractivity contribution in [2.75, 3.05) is 13.1 Å². The number of rotatable bonds is 3. The first-order chi connectivity index (χ1) is 4.99. The van der Waals surface area contributed by atoms with Crippen molar-refractivity contribution in [2.45, 2.75) is 34.1 Å². The Morgan fingerprint density at radius 1 is 1.36 bits per heavy atom. The molecule has 1 fully saturated rings. The summed E-state index contributed by atoms with van der Waals surface area (Å²) < 4.78 is 0. The van der Waals surface area contributed by atoms with Crippen LogP contribution < -0.4 is 5.32 Å². The molecule has 0 saturated heterocycles. The molecule has 1 N–H and O–H groups in total. The highest BCUT2D eigenvalue weighted by Crippen LogP contribution is 2.36. The summed E-state index contributed by atoms with van der Waals surface area (Å²) in [4.78, 5) is 0. The first kappa shape index (κ1) is 9.05. The van der Waals surface area contributed by atoms with Crippen molar-refractivity contribution in [3.8, 4) is 0 Å². The van der Waals surface area contributed by atoms with Crippen molar-refractivity contribution in [1.82, 2.24) is 5.32 Å². The second kappa shape index (κ2) is 3.14. The summed E-state index contributed by atoms with van der Waals surface area (Å²) in [7, 11) is 0. The van der Waals surface area contributed by atoms with Gasteiger partial charge in [0.1, 0.15) is 0 Å². The van der Waals surface area contributed by atoms with E-state index in [0.29, 0.717) is 5.41 Å². The first-order valence-electron chi connectivity index (χ1n) is 4.70. The summed E-state index contributed by atoms with van der Waals surface area (Å²) in [6.45, 7) is 11.5. The molecule has 0 heterocycles. The molecule has 0 aromatic heterocycles. The van der Waals surface area contributed by atoms with Gasteiger partial charge in [-0.1, -0.05) is 27.7 Å². The Balaban J connectivity index is 1.97. The molecule has 1 aliphatic rings. The van der Waals surface area contributed by atoms with Crippen LogP contribution in [0.25, 0.3) is 0 Å². The van der Waals surface area contributed by atoms with Gasteiger partial charge in [-0.3, -0.25) is 0 Å². The summed E-state index contributed by atoms with van der Waals surface area (Å²) in [5, 5.41) is 3.52. The van der Waals surface area contributed by atoms with Gasteiger partial charge in [-0.15, -0.1) is 0 Å². The van der Waals surface area contributed by atoms with E-state index < -0.39 is 0 Å². The SMILES string of the molecule is CC1CC1CNCC(C)(C)C. The molecular formula is C10H21N. The fourth-order valence-corrected chi connectivity index (χ4v) is 1.32. The molecule has 1 rings (SSSR count). The topological polar surface area (TPSA) is 12.0 Å². The predicted octanol–water partition coefficient (Wildman–Crippen LogP) is 2.28. The van der Waals surface area contributed by atoms with Crippen molar-refractivity contribution < 1.29 is 0 Å². The lowest BCUT2D eigenvalue weighted by Crippen LogP contribution is -2.28. The molecule has 0 aromatic rings. The molecule has 0 radical (unpaired) electrons. The number of nitrogens with one attached hydrogen (secondary N) is 1. The third-order valence-corrected chi connectivity index (χ3v) is 2.34. The quantitative estimate of drug-likeness (QED) is 0.659. The largest absolute Gasteiger partial charge is 0.316 e. The number of hydrogen-bond acceptors (Lipinski definition) is 1. The Labute approximate surface area is 70.6 Å². The standard InChI is InChI=1S/C10H21N/c1-8-5-9(8)6-11-7-10(2,3)4/h8-9,11H,5-7H2,1-4H3. The molecule has 11 heavy (non-hydrogen) atoms. The van der Waals surface area contributed by atoms with Gasteiger partial charge >= 0.3 is 0 Å². The highest BCUT2D eigenvalue weighted by atomic mass is 14.9. The summed E-state index contributed by atoms with van der Waals surface area (Å²) in [5.74, 6) is 1.97. The second-order valence-electron chi connectivity index (χ2n) is 5.16. The van der Waals surface area contributed by atoms with Gasteiger partial charge in [-0.2, -0.15) is 0 Å². The Bertz CT molecular complexity index is 123. The smallest absolute Gasteiger partial charge is 0.000000745 e. The minimum atomic E-state index is 0.443. The van der Waals surface area contributed by atoms with Crippen LogP contribution in [0, 0.1) is 17.3 Å². The Morgan fingerprint density at radius 3 is 2.27 bits per heavy atom. The van der Waals surface area contributed by atoms with E-state index in [0.717, 1.165) is 18.4 Å². The van der Waals surface area contributed by atoms with Gasteiger partial charge in [0.25, 0.3) is 0 Å². The van der Waals surface area contributed by atoms with Crippen molar-refractivity contribution >= 4 is 0 Å². The van der Waals surface area contributed by atoms with E-state index in [1.54, 1.807) is 0 Å². The third-order valence-electron chi connectivity index (χ3n) is 2.34. The van der Waals surface area contributed by atoms with Crippen molar-refractivity contribution in [2.24, 2.45) is 17.3 Å². The minimum Gasteiger partial charge on any atom is -0.316 e. The Kier molecular flexibility index (Phi) is 2.58.